The van der Waals surface area contributed by atoms with Crippen molar-refractivity contribution in [2.75, 3.05) is 0 Å². The van der Waals surface area contributed by atoms with Crippen molar-refractivity contribution in [1.29, 1.82) is 0 Å². The van der Waals surface area contributed by atoms with Gasteiger partial charge in [-0.25, -0.2) is 0 Å². The summed E-state index contributed by atoms with van der Waals surface area (Å²) in [4.78, 5) is 3.61. The molecule has 68 valence electrons. The van der Waals surface area contributed by atoms with E-state index in [4.69, 9.17) is 0 Å². The van der Waals surface area contributed by atoms with E-state index in [2.05, 4.69) is 31.3 Å². The van der Waals surface area contributed by atoms with Gasteiger partial charge in [-0.2, -0.15) is 0 Å². The number of hydrogen-bond acceptors (Lipinski definition) is 1. The van der Waals surface area contributed by atoms with E-state index in [1.807, 2.05) is 13.8 Å². The number of rotatable bonds is 3. The van der Waals surface area contributed by atoms with E-state index in [1.54, 1.807) is 24.4 Å². The van der Waals surface area contributed by atoms with Crippen molar-refractivity contribution >= 4 is 6.21 Å². The molecule has 0 radical (unpaired) electrons. The predicted octanol–water partition coefficient (Wildman–Crippen LogP) is 3.77. The van der Waals surface area contributed by atoms with Crippen LogP contribution in [0.3, 0.4) is 0 Å². The first-order valence-corrected chi connectivity index (χ1v) is 3.82. The monoisotopic (exact) mass is 165 g/mol. The summed E-state index contributed by atoms with van der Waals surface area (Å²) in [6.45, 7) is 17.5. The van der Waals surface area contributed by atoms with Gasteiger partial charge in [-0.15, -0.1) is 0 Å². The summed E-state index contributed by atoms with van der Waals surface area (Å²) >= 11 is 0. The van der Waals surface area contributed by atoms with Gasteiger partial charge >= 0.3 is 0 Å². The average Bonchev–Trinajstić information content (AvgIpc) is 2.18. The van der Waals surface area contributed by atoms with Gasteiger partial charge in [0.2, 0.25) is 0 Å². The minimum absolute atomic E-state index is 1.46. The second kappa shape index (κ2) is 33.5. The largest absolute Gasteiger partial charge is 0.265 e. The summed E-state index contributed by atoms with van der Waals surface area (Å²) < 4.78 is 0. The molecule has 0 atom stereocenters. The van der Waals surface area contributed by atoms with E-state index in [1.165, 1.54) is 6.20 Å². The average molecular weight is 165 g/mol. The Kier molecular flexibility index (Phi) is 47.2. The van der Waals surface area contributed by atoms with Gasteiger partial charge in [-0.1, -0.05) is 58.4 Å². The Labute approximate surface area is 76.5 Å². The van der Waals surface area contributed by atoms with Crippen LogP contribution in [0.25, 0.3) is 0 Å². The van der Waals surface area contributed by atoms with Gasteiger partial charge < -0.3 is 0 Å². The zero-order valence-corrected chi connectivity index (χ0v) is 8.16. The van der Waals surface area contributed by atoms with E-state index in [9.17, 15) is 0 Å². The summed E-state index contributed by atoms with van der Waals surface area (Å²) in [6, 6.07) is 0. The van der Waals surface area contributed by atoms with Gasteiger partial charge in [0.25, 0.3) is 0 Å². The highest BCUT2D eigenvalue weighted by Crippen LogP contribution is 1.61. The molecule has 0 aromatic heterocycles. The summed E-state index contributed by atoms with van der Waals surface area (Å²) in [6.07, 6.45) is 7.91. The fourth-order valence-corrected chi connectivity index (χ4v) is 0.122. The number of hydrogen-bond donors (Lipinski definition) is 0. The highest BCUT2D eigenvalue weighted by atomic mass is 14.6. The Balaban J connectivity index is -0.000000118. The van der Waals surface area contributed by atoms with Crippen molar-refractivity contribution in [2.45, 2.75) is 13.8 Å². The van der Waals surface area contributed by atoms with Crippen molar-refractivity contribution in [2.24, 2.45) is 4.99 Å². The van der Waals surface area contributed by atoms with Gasteiger partial charge in [-0.3, -0.25) is 4.99 Å². The maximum Gasteiger partial charge on any atom is 0.0261 e. The molecule has 0 N–H and O–H groups in total. The third kappa shape index (κ3) is 72.6. The van der Waals surface area contributed by atoms with Crippen molar-refractivity contribution in [3.05, 3.63) is 50.7 Å². The fourth-order valence-electron chi connectivity index (χ4n) is 0.122. The number of nitrogens with zero attached hydrogens (tertiary/aromatic N) is 1. The third-order valence-corrected chi connectivity index (χ3v) is 0.464. The standard InChI is InChI=1S/C5H7N.C4H6.C2H6/c1-3-5-6-4-2;1-3-4-2;1-2/h3-5H,1-2H2;3-4H,1-2H2;1-2H3. The van der Waals surface area contributed by atoms with Crippen molar-refractivity contribution in [1.82, 2.24) is 0 Å². The molecule has 1 nitrogen and oxygen atoms in total. The van der Waals surface area contributed by atoms with E-state index in [0.29, 0.717) is 0 Å². The minimum Gasteiger partial charge on any atom is -0.265 e. The molecule has 0 aliphatic rings. The van der Waals surface area contributed by atoms with Gasteiger partial charge in [-0.05, 0) is 0 Å². The Morgan fingerprint density at radius 1 is 0.833 bits per heavy atom. The van der Waals surface area contributed by atoms with E-state index in [0.717, 1.165) is 0 Å². The number of allylic oxidation sites excluding steroid dienone is 3. The van der Waals surface area contributed by atoms with Crippen LogP contribution in [0.2, 0.25) is 0 Å². The molecule has 0 rings (SSSR count). The molecule has 12 heavy (non-hydrogen) atoms. The Bertz CT molecular complexity index is 116. The molecule has 0 fully saturated rings. The lowest BCUT2D eigenvalue weighted by Gasteiger charge is -1.62. The molecular weight excluding hydrogens is 146 g/mol. The van der Waals surface area contributed by atoms with Crippen LogP contribution in [0.5, 0.6) is 0 Å². The van der Waals surface area contributed by atoms with Crippen LogP contribution in [0, 0.1) is 0 Å². The summed E-state index contributed by atoms with van der Waals surface area (Å²) in [5, 5.41) is 0. The van der Waals surface area contributed by atoms with E-state index >= 15 is 0 Å². The first-order valence-electron chi connectivity index (χ1n) is 3.82. The first-order chi connectivity index (χ1) is 5.83. The van der Waals surface area contributed by atoms with Crippen LogP contribution in [-0.4, -0.2) is 6.21 Å². The Hall–Kier alpha value is -1.37. The molecule has 0 saturated heterocycles. The van der Waals surface area contributed by atoms with Crippen LogP contribution < -0.4 is 0 Å². The van der Waals surface area contributed by atoms with Crippen LogP contribution in [-0.2, 0) is 0 Å². The zero-order chi connectivity index (χ0) is 10.2. The van der Waals surface area contributed by atoms with Gasteiger partial charge in [0, 0.05) is 12.4 Å². The van der Waals surface area contributed by atoms with Crippen LogP contribution >= 0.6 is 0 Å². The van der Waals surface area contributed by atoms with Gasteiger partial charge in [0.15, 0.2) is 0 Å². The molecule has 0 spiro atoms. The molecule has 0 aliphatic heterocycles. The quantitative estimate of drug-likeness (QED) is 0.446. The number of aliphatic imine (C=N–C) groups is 1. The molecule has 0 amide bonds. The molecule has 0 saturated carbocycles. The fraction of sp³-hybridized carbons (Fsp3) is 0.182. The summed E-state index contributed by atoms with van der Waals surface area (Å²) in [5.74, 6) is 0. The van der Waals surface area contributed by atoms with Crippen LogP contribution in [0.15, 0.2) is 55.7 Å². The molecule has 1 heteroatoms. The lowest BCUT2D eigenvalue weighted by molar-refractivity contribution is 1.50. The normalized spacial score (nSPS) is 6.50. The smallest absolute Gasteiger partial charge is 0.0261 e. The SMILES string of the molecule is C=CC=C.C=CC=NC=C.CC. The van der Waals surface area contributed by atoms with Crippen molar-refractivity contribution in [3.8, 4) is 0 Å². The predicted molar refractivity (Wildman–Crippen MR) is 60.6 cm³/mol. The maximum atomic E-state index is 3.61. The maximum absolute atomic E-state index is 3.61. The van der Waals surface area contributed by atoms with Crippen LogP contribution in [0.4, 0.5) is 0 Å². The van der Waals surface area contributed by atoms with Gasteiger partial charge in [0.1, 0.15) is 0 Å². The molecule has 0 aromatic carbocycles. The molecule has 0 bridgehead atoms. The highest BCUT2D eigenvalue weighted by molar-refractivity contribution is 5.70. The Morgan fingerprint density at radius 3 is 1.33 bits per heavy atom. The topological polar surface area (TPSA) is 12.4 Å². The van der Waals surface area contributed by atoms with Crippen molar-refractivity contribution in [3.63, 3.8) is 0 Å². The zero-order valence-electron chi connectivity index (χ0n) is 8.16. The van der Waals surface area contributed by atoms with E-state index < -0.39 is 0 Å². The molecule has 0 unspecified atom stereocenters. The molecule has 0 heterocycles. The minimum atomic E-state index is 1.46. The van der Waals surface area contributed by atoms with Gasteiger partial charge in [0.05, 0.1) is 0 Å². The lowest BCUT2D eigenvalue weighted by atomic mass is 10.6. The summed E-state index contributed by atoms with van der Waals surface area (Å²) in [7, 11) is 0. The Morgan fingerprint density at radius 2 is 1.25 bits per heavy atom. The van der Waals surface area contributed by atoms with Crippen LogP contribution in [0.1, 0.15) is 13.8 Å². The second-order valence-electron chi connectivity index (χ2n) is 1.19. The molecular formula is C11H19N. The third-order valence-electron chi connectivity index (χ3n) is 0.464. The first kappa shape index (κ1) is 16.9. The highest BCUT2D eigenvalue weighted by Gasteiger charge is 1.47. The summed E-state index contributed by atoms with van der Waals surface area (Å²) in [5.41, 5.74) is 0. The second-order valence-corrected chi connectivity index (χ2v) is 1.19. The lowest BCUT2D eigenvalue weighted by Crippen LogP contribution is -1.52. The van der Waals surface area contributed by atoms with Crippen molar-refractivity contribution < 1.29 is 0 Å². The molecule has 0 aliphatic carbocycles. The van der Waals surface area contributed by atoms with E-state index in [-0.39, 0.29) is 0 Å². The molecule has 0 aromatic rings.